The van der Waals surface area contributed by atoms with E-state index in [1.54, 1.807) is 54.6 Å². The maximum atomic E-state index is 12.5. The van der Waals surface area contributed by atoms with Gasteiger partial charge in [0.25, 0.3) is 5.91 Å². The summed E-state index contributed by atoms with van der Waals surface area (Å²) in [5.41, 5.74) is 4.86. The zero-order valence-corrected chi connectivity index (χ0v) is 17.4. The van der Waals surface area contributed by atoms with Gasteiger partial charge in [0.15, 0.2) is 11.5 Å². The van der Waals surface area contributed by atoms with Crippen LogP contribution >= 0.6 is 0 Å². The standard InChI is InChI=1S/C24H22N2O5/c1-16-8-4-5-9-18(16)23(27)26-25-15-17-12-13-21(22(14-17)30-3)31-24(28)19-10-6-7-11-20(19)29-2/h4-15H,1-3H3,(H,26,27)/b25-15+. The molecule has 0 unspecified atom stereocenters. The maximum Gasteiger partial charge on any atom is 0.347 e. The first-order chi connectivity index (χ1) is 15.0. The lowest BCUT2D eigenvalue weighted by Crippen LogP contribution is -2.18. The molecule has 0 aliphatic heterocycles. The molecule has 7 heteroatoms. The summed E-state index contributed by atoms with van der Waals surface area (Å²) in [6, 6.07) is 19.0. The maximum absolute atomic E-state index is 12.5. The summed E-state index contributed by atoms with van der Waals surface area (Å²) in [5, 5.41) is 3.99. The van der Waals surface area contributed by atoms with Crippen molar-refractivity contribution in [3.8, 4) is 17.2 Å². The van der Waals surface area contributed by atoms with Crippen LogP contribution in [0.15, 0.2) is 71.8 Å². The van der Waals surface area contributed by atoms with Crippen LogP contribution in [0.3, 0.4) is 0 Å². The second-order valence-electron chi connectivity index (χ2n) is 6.51. The molecule has 7 nitrogen and oxygen atoms in total. The van der Waals surface area contributed by atoms with E-state index in [9.17, 15) is 9.59 Å². The third kappa shape index (κ3) is 5.27. The van der Waals surface area contributed by atoms with Gasteiger partial charge in [0.05, 0.1) is 20.4 Å². The van der Waals surface area contributed by atoms with Gasteiger partial charge in [0.2, 0.25) is 0 Å². The van der Waals surface area contributed by atoms with Gasteiger partial charge in [-0.2, -0.15) is 5.10 Å². The minimum atomic E-state index is -0.567. The van der Waals surface area contributed by atoms with Crippen LogP contribution in [-0.4, -0.2) is 32.3 Å². The monoisotopic (exact) mass is 418 g/mol. The van der Waals surface area contributed by atoms with Crippen molar-refractivity contribution in [3.63, 3.8) is 0 Å². The molecule has 158 valence electrons. The lowest BCUT2D eigenvalue weighted by Gasteiger charge is -2.11. The first-order valence-corrected chi connectivity index (χ1v) is 9.45. The number of para-hydroxylation sites is 1. The van der Waals surface area contributed by atoms with Crippen molar-refractivity contribution >= 4 is 18.1 Å². The van der Waals surface area contributed by atoms with Crippen LogP contribution in [0.25, 0.3) is 0 Å². The number of hydrazone groups is 1. The van der Waals surface area contributed by atoms with Gasteiger partial charge < -0.3 is 14.2 Å². The highest BCUT2D eigenvalue weighted by molar-refractivity contribution is 5.96. The van der Waals surface area contributed by atoms with Crippen LogP contribution in [0.1, 0.15) is 31.8 Å². The second-order valence-corrected chi connectivity index (χ2v) is 6.51. The minimum absolute atomic E-state index is 0.250. The number of nitrogens with one attached hydrogen (secondary N) is 1. The summed E-state index contributed by atoms with van der Waals surface area (Å²) in [6.07, 6.45) is 1.48. The zero-order valence-electron chi connectivity index (χ0n) is 17.4. The Labute approximate surface area is 180 Å². The minimum Gasteiger partial charge on any atom is -0.496 e. The number of hydrogen-bond acceptors (Lipinski definition) is 6. The van der Waals surface area contributed by atoms with E-state index in [4.69, 9.17) is 14.2 Å². The highest BCUT2D eigenvalue weighted by atomic mass is 16.6. The number of carbonyl (C=O) groups is 2. The lowest BCUT2D eigenvalue weighted by molar-refractivity contribution is 0.0726. The number of benzene rings is 3. The van der Waals surface area contributed by atoms with Crippen molar-refractivity contribution in [2.75, 3.05) is 14.2 Å². The molecule has 0 radical (unpaired) electrons. The van der Waals surface area contributed by atoms with E-state index in [2.05, 4.69) is 10.5 Å². The van der Waals surface area contributed by atoms with E-state index in [-0.39, 0.29) is 11.7 Å². The third-order valence-electron chi connectivity index (χ3n) is 4.49. The molecule has 0 aliphatic carbocycles. The average molecular weight is 418 g/mol. The summed E-state index contributed by atoms with van der Waals surface area (Å²) in [4.78, 5) is 24.7. The van der Waals surface area contributed by atoms with E-state index in [0.29, 0.717) is 28.2 Å². The highest BCUT2D eigenvalue weighted by Gasteiger charge is 2.16. The molecule has 1 amide bonds. The van der Waals surface area contributed by atoms with Crippen LogP contribution in [-0.2, 0) is 0 Å². The molecule has 0 spiro atoms. The van der Waals surface area contributed by atoms with Gasteiger partial charge in [-0.05, 0) is 54.4 Å². The molecular formula is C24H22N2O5. The van der Waals surface area contributed by atoms with E-state index in [1.165, 1.54) is 20.4 Å². The zero-order chi connectivity index (χ0) is 22.2. The number of aryl methyl sites for hydroxylation is 1. The summed E-state index contributed by atoms with van der Waals surface area (Å²) >= 11 is 0. The van der Waals surface area contributed by atoms with E-state index in [0.717, 1.165) is 5.56 Å². The molecule has 0 bridgehead atoms. The largest absolute Gasteiger partial charge is 0.496 e. The fourth-order valence-corrected chi connectivity index (χ4v) is 2.87. The number of ether oxygens (including phenoxy) is 3. The second kappa shape index (κ2) is 10.1. The lowest BCUT2D eigenvalue weighted by atomic mass is 10.1. The quantitative estimate of drug-likeness (QED) is 0.271. The Kier molecular flexibility index (Phi) is 7.01. The molecular weight excluding hydrogens is 396 g/mol. The van der Waals surface area contributed by atoms with Gasteiger partial charge in [-0.1, -0.05) is 30.3 Å². The van der Waals surface area contributed by atoms with Crippen LogP contribution in [0.2, 0.25) is 0 Å². The number of hydrogen-bond donors (Lipinski definition) is 1. The van der Waals surface area contributed by atoms with Crippen molar-refractivity contribution in [2.24, 2.45) is 5.10 Å². The van der Waals surface area contributed by atoms with Crippen molar-refractivity contribution < 1.29 is 23.8 Å². The number of rotatable bonds is 7. The predicted octanol–water partition coefficient (Wildman–Crippen LogP) is 4.00. The summed E-state index contributed by atoms with van der Waals surface area (Å²) in [6.45, 7) is 1.86. The fourth-order valence-electron chi connectivity index (χ4n) is 2.87. The predicted molar refractivity (Wildman–Crippen MR) is 117 cm³/mol. The van der Waals surface area contributed by atoms with Crippen molar-refractivity contribution in [3.05, 3.63) is 89.0 Å². The smallest absolute Gasteiger partial charge is 0.347 e. The van der Waals surface area contributed by atoms with Crippen LogP contribution < -0.4 is 19.6 Å². The highest BCUT2D eigenvalue weighted by Crippen LogP contribution is 2.29. The van der Waals surface area contributed by atoms with E-state index < -0.39 is 5.97 Å². The van der Waals surface area contributed by atoms with Gasteiger partial charge in [0.1, 0.15) is 11.3 Å². The molecule has 1 N–H and O–H groups in total. The SMILES string of the molecule is COc1cc(/C=N/NC(=O)c2ccccc2C)ccc1OC(=O)c1ccccc1OC. The Morgan fingerprint density at radius 2 is 1.52 bits per heavy atom. The third-order valence-corrected chi connectivity index (χ3v) is 4.49. The molecule has 3 aromatic rings. The Morgan fingerprint density at radius 1 is 0.839 bits per heavy atom. The number of nitrogens with zero attached hydrogens (tertiary/aromatic N) is 1. The Bertz CT molecular complexity index is 1120. The van der Waals surface area contributed by atoms with E-state index in [1.807, 2.05) is 19.1 Å². The van der Waals surface area contributed by atoms with Gasteiger partial charge in [0, 0.05) is 5.56 Å². The van der Waals surface area contributed by atoms with Gasteiger partial charge in [-0.3, -0.25) is 4.79 Å². The molecule has 0 aliphatic rings. The topological polar surface area (TPSA) is 86.2 Å². The molecule has 0 atom stereocenters. The van der Waals surface area contributed by atoms with Crippen molar-refractivity contribution in [1.82, 2.24) is 5.43 Å². The fraction of sp³-hybridized carbons (Fsp3) is 0.125. The van der Waals surface area contributed by atoms with Crippen LogP contribution in [0, 0.1) is 6.92 Å². The molecule has 0 heterocycles. The average Bonchev–Trinajstić information content (AvgIpc) is 2.80. The number of carbonyl (C=O) groups excluding carboxylic acids is 2. The number of esters is 1. The van der Waals surface area contributed by atoms with Gasteiger partial charge in [-0.25, -0.2) is 10.2 Å². The normalized spacial score (nSPS) is 10.5. The first-order valence-electron chi connectivity index (χ1n) is 9.45. The Balaban J connectivity index is 1.71. The molecule has 0 fully saturated rings. The van der Waals surface area contributed by atoms with Gasteiger partial charge >= 0.3 is 5.97 Å². The molecule has 0 saturated carbocycles. The number of methoxy groups -OCH3 is 2. The first kappa shape index (κ1) is 21.6. The molecule has 31 heavy (non-hydrogen) atoms. The summed E-state index contributed by atoms with van der Waals surface area (Å²) < 4.78 is 16.0. The van der Waals surface area contributed by atoms with Crippen LogP contribution in [0.4, 0.5) is 0 Å². The van der Waals surface area contributed by atoms with E-state index >= 15 is 0 Å². The Morgan fingerprint density at radius 3 is 2.23 bits per heavy atom. The van der Waals surface area contributed by atoms with Crippen LogP contribution in [0.5, 0.6) is 17.2 Å². The van der Waals surface area contributed by atoms with Crippen molar-refractivity contribution in [1.29, 1.82) is 0 Å². The number of amides is 1. The molecule has 0 aromatic heterocycles. The van der Waals surface area contributed by atoms with Gasteiger partial charge in [-0.15, -0.1) is 0 Å². The molecule has 0 saturated heterocycles. The Hall–Kier alpha value is -4.13. The summed E-state index contributed by atoms with van der Waals surface area (Å²) in [5.74, 6) is 0.142. The molecule has 3 rings (SSSR count). The summed E-state index contributed by atoms with van der Waals surface area (Å²) in [7, 11) is 2.95. The van der Waals surface area contributed by atoms with Crippen molar-refractivity contribution in [2.45, 2.75) is 6.92 Å². The molecule has 3 aromatic carbocycles.